The minimum Gasteiger partial charge on any atom is -0.480 e. The zero-order valence-corrected chi connectivity index (χ0v) is 9.43. The van der Waals surface area contributed by atoms with Gasteiger partial charge < -0.3 is 10.8 Å². The van der Waals surface area contributed by atoms with Gasteiger partial charge in [-0.2, -0.15) is 0 Å². The Balaban J connectivity index is 2.77. The van der Waals surface area contributed by atoms with Gasteiger partial charge in [-0.15, -0.1) is 11.3 Å². The zero-order valence-electron chi connectivity index (χ0n) is 8.61. The molecular weight excluding hydrogens is 214 g/mol. The maximum absolute atomic E-state index is 11.7. The molecule has 1 atom stereocenters. The van der Waals surface area contributed by atoms with Crippen molar-refractivity contribution in [2.75, 3.05) is 0 Å². The molecule has 0 saturated heterocycles. The van der Waals surface area contributed by atoms with Crippen molar-refractivity contribution < 1.29 is 14.7 Å². The predicted octanol–water partition coefficient (Wildman–Crippen LogP) is 1.35. The standard InChI is InChI=1S/C10H13NO3S/c1-5-3-7(6(2)15-5)9(12)4-8(11)10(13)14/h3,8H,4,11H2,1-2H3,(H,13,14). The molecule has 4 nitrogen and oxygen atoms in total. The zero-order chi connectivity index (χ0) is 11.6. The third-order valence-corrected chi connectivity index (χ3v) is 3.03. The third kappa shape index (κ3) is 2.87. The monoisotopic (exact) mass is 227 g/mol. The highest BCUT2D eigenvalue weighted by Gasteiger charge is 2.19. The number of rotatable bonds is 4. The van der Waals surface area contributed by atoms with E-state index in [1.54, 1.807) is 6.07 Å². The smallest absolute Gasteiger partial charge is 0.320 e. The lowest BCUT2D eigenvalue weighted by atomic mass is 10.1. The molecule has 0 amide bonds. The maximum Gasteiger partial charge on any atom is 0.320 e. The number of hydrogen-bond acceptors (Lipinski definition) is 4. The van der Waals surface area contributed by atoms with Crippen molar-refractivity contribution in [3.63, 3.8) is 0 Å². The minimum absolute atomic E-state index is 0.146. The molecule has 0 saturated carbocycles. The fourth-order valence-electron chi connectivity index (χ4n) is 1.30. The third-order valence-electron chi connectivity index (χ3n) is 2.06. The second-order valence-electron chi connectivity index (χ2n) is 3.40. The first kappa shape index (κ1) is 11.9. The number of carbonyl (C=O) groups is 2. The Morgan fingerprint density at radius 3 is 2.53 bits per heavy atom. The quantitative estimate of drug-likeness (QED) is 0.761. The van der Waals surface area contributed by atoms with Crippen LogP contribution in [0.4, 0.5) is 0 Å². The summed E-state index contributed by atoms with van der Waals surface area (Å²) < 4.78 is 0. The number of aliphatic carboxylic acids is 1. The molecule has 0 aliphatic rings. The number of nitrogens with two attached hydrogens (primary N) is 1. The molecule has 0 radical (unpaired) electrons. The highest BCUT2D eigenvalue weighted by atomic mass is 32.1. The average Bonchev–Trinajstić information content (AvgIpc) is 2.44. The molecule has 1 aromatic heterocycles. The Morgan fingerprint density at radius 2 is 2.13 bits per heavy atom. The van der Waals surface area contributed by atoms with Gasteiger partial charge in [0, 0.05) is 21.7 Å². The van der Waals surface area contributed by atoms with E-state index in [1.807, 2.05) is 13.8 Å². The number of Topliss-reactive ketones (excluding diaryl/α,β-unsaturated/α-hetero) is 1. The van der Waals surface area contributed by atoms with E-state index in [4.69, 9.17) is 10.8 Å². The number of carbonyl (C=O) groups excluding carboxylic acids is 1. The van der Waals surface area contributed by atoms with E-state index >= 15 is 0 Å². The summed E-state index contributed by atoms with van der Waals surface area (Å²) in [5.74, 6) is -1.35. The summed E-state index contributed by atoms with van der Waals surface area (Å²) >= 11 is 1.52. The van der Waals surface area contributed by atoms with E-state index in [2.05, 4.69) is 0 Å². The minimum atomic E-state index is -1.15. The van der Waals surface area contributed by atoms with Gasteiger partial charge in [-0.1, -0.05) is 0 Å². The summed E-state index contributed by atoms with van der Waals surface area (Å²) in [6, 6.07) is 0.661. The highest BCUT2D eigenvalue weighted by Crippen LogP contribution is 2.22. The molecule has 1 heterocycles. The average molecular weight is 227 g/mol. The van der Waals surface area contributed by atoms with Gasteiger partial charge in [0.05, 0.1) is 0 Å². The Labute approximate surface area is 91.7 Å². The molecular formula is C10H13NO3S. The highest BCUT2D eigenvalue weighted by molar-refractivity contribution is 7.12. The molecule has 15 heavy (non-hydrogen) atoms. The number of aryl methyl sites for hydroxylation is 2. The molecule has 0 spiro atoms. The van der Waals surface area contributed by atoms with Crippen molar-refractivity contribution in [3.05, 3.63) is 21.4 Å². The number of carboxylic acids is 1. The van der Waals surface area contributed by atoms with Crippen LogP contribution in [0.15, 0.2) is 6.07 Å². The second-order valence-corrected chi connectivity index (χ2v) is 4.86. The molecule has 1 unspecified atom stereocenters. The Kier molecular flexibility index (Phi) is 3.60. The van der Waals surface area contributed by atoms with Crippen molar-refractivity contribution >= 4 is 23.1 Å². The number of ketones is 1. The lowest BCUT2D eigenvalue weighted by molar-refractivity contribution is -0.138. The summed E-state index contributed by atoms with van der Waals surface area (Å²) in [4.78, 5) is 24.1. The molecule has 0 aliphatic heterocycles. The molecule has 82 valence electrons. The normalized spacial score (nSPS) is 12.5. The molecule has 0 aliphatic carbocycles. The van der Waals surface area contributed by atoms with Crippen molar-refractivity contribution in [2.24, 2.45) is 5.73 Å². The van der Waals surface area contributed by atoms with Crippen LogP contribution >= 0.6 is 11.3 Å². The first-order valence-electron chi connectivity index (χ1n) is 4.50. The molecule has 0 aromatic carbocycles. The Morgan fingerprint density at radius 1 is 1.53 bits per heavy atom. The lowest BCUT2D eigenvalue weighted by Gasteiger charge is -2.04. The van der Waals surface area contributed by atoms with E-state index in [1.165, 1.54) is 11.3 Å². The largest absolute Gasteiger partial charge is 0.480 e. The summed E-state index contributed by atoms with van der Waals surface area (Å²) in [5.41, 5.74) is 5.89. The van der Waals surface area contributed by atoms with Crippen LogP contribution in [0.1, 0.15) is 26.5 Å². The Bertz CT molecular complexity index is 397. The first-order valence-corrected chi connectivity index (χ1v) is 5.32. The molecule has 0 fully saturated rings. The van der Waals surface area contributed by atoms with Gasteiger partial charge in [-0.3, -0.25) is 9.59 Å². The predicted molar refractivity (Wildman–Crippen MR) is 58.4 cm³/mol. The summed E-state index contributed by atoms with van der Waals surface area (Å²) in [6.45, 7) is 3.75. The van der Waals surface area contributed by atoms with Crippen LogP contribution in [0.25, 0.3) is 0 Å². The molecule has 0 bridgehead atoms. The van der Waals surface area contributed by atoms with Crippen LogP contribution in [0.3, 0.4) is 0 Å². The van der Waals surface area contributed by atoms with Gasteiger partial charge in [0.15, 0.2) is 5.78 Å². The van der Waals surface area contributed by atoms with E-state index in [0.29, 0.717) is 5.56 Å². The van der Waals surface area contributed by atoms with Crippen LogP contribution in [0, 0.1) is 13.8 Å². The van der Waals surface area contributed by atoms with Gasteiger partial charge in [-0.05, 0) is 19.9 Å². The van der Waals surface area contributed by atoms with Gasteiger partial charge in [0.25, 0.3) is 0 Å². The molecule has 1 aromatic rings. The van der Waals surface area contributed by atoms with Crippen LogP contribution in [0.2, 0.25) is 0 Å². The van der Waals surface area contributed by atoms with Crippen molar-refractivity contribution in [1.29, 1.82) is 0 Å². The van der Waals surface area contributed by atoms with Crippen molar-refractivity contribution in [2.45, 2.75) is 26.3 Å². The van der Waals surface area contributed by atoms with Crippen LogP contribution in [-0.4, -0.2) is 22.9 Å². The Hall–Kier alpha value is -1.20. The van der Waals surface area contributed by atoms with Gasteiger partial charge in [-0.25, -0.2) is 0 Å². The van der Waals surface area contributed by atoms with Gasteiger partial charge in [0.2, 0.25) is 0 Å². The van der Waals surface area contributed by atoms with Crippen molar-refractivity contribution in [3.8, 4) is 0 Å². The van der Waals surface area contributed by atoms with E-state index in [9.17, 15) is 9.59 Å². The number of hydrogen-bond donors (Lipinski definition) is 2. The van der Waals surface area contributed by atoms with Crippen LogP contribution in [-0.2, 0) is 4.79 Å². The van der Waals surface area contributed by atoms with Gasteiger partial charge >= 0.3 is 5.97 Å². The number of carboxylic acid groups (broad SMARTS) is 1. The second kappa shape index (κ2) is 4.55. The molecule has 1 rings (SSSR count). The maximum atomic E-state index is 11.7. The van der Waals surface area contributed by atoms with Crippen LogP contribution < -0.4 is 5.73 Å². The van der Waals surface area contributed by atoms with E-state index in [0.717, 1.165) is 9.75 Å². The number of thiophene rings is 1. The fraction of sp³-hybridized carbons (Fsp3) is 0.400. The summed E-state index contributed by atoms with van der Waals surface area (Å²) in [7, 11) is 0. The van der Waals surface area contributed by atoms with E-state index < -0.39 is 12.0 Å². The molecule has 3 N–H and O–H groups in total. The molecule has 5 heteroatoms. The lowest BCUT2D eigenvalue weighted by Crippen LogP contribution is -2.32. The SMILES string of the molecule is Cc1cc(C(=O)CC(N)C(=O)O)c(C)s1. The summed E-state index contributed by atoms with van der Waals surface area (Å²) in [5, 5.41) is 8.58. The topological polar surface area (TPSA) is 80.4 Å². The summed E-state index contributed by atoms with van der Waals surface area (Å²) in [6.07, 6.45) is -0.146. The first-order chi connectivity index (χ1) is 6.91. The fourth-order valence-corrected chi connectivity index (χ4v) is 2.25. The van der Waals surface area contributed by atoms with Crippen LogP contribution in [0.5, 0.6) is 0 Å². The van der Waals surface area contributed by atoms with E-state index in [-0.39, 0.29) is 12.2 Å². The van der Waals surface area contributed by atoms with Gasteiger partial charge in [0.1, 0.15) is 6.04 Å². The van der Waals surface area contributed by atoms with Crippen molar-refractivity contribution in [1.82, 2.24) is 0 Å².